The van der Waals surface area contributed by atoms with Gasteiger partial charge in [0.05, 0.1) is 0 Å². The number of alkyl halides is 1. The molecule has 1 unspecified atom stereocenters. The van der Waals surface area contributed by atoms with Gasteiger partial charge in [0.1, 0.15) is 0 Å². The first kappa shape index (κ1) is 12.5. The van der Waals surface area contributed by atoms with E-state index in [4.69, 9.17) is 11.6 Å². The van der Waals surface area contributed by atoms with E-state index in [1.165, 1.54) is 9.35 Å². The number of halogens is 2. The Balaban J connectivity index is 2.71. The van der Waals surface area contributed by atoms with Crippen LogP contribution in [0, 0.1) is 11.3 Å². The molecule has 1 aromatic rings. The SMILES string of the molecule is CC(C)(C)C(CCl)Cc1sccc1Br. The summed E-state index contributed by atoms with van der Waals surface area (Å²) in [4.78, 5) is 1.41. The van der Waals surface area contributed by atoms with E-state index >= 15 is 0 Å². The van der Waals surface area contributed by atoms with Crippen molar-refractivity contribution >= 4 is 38.9 Å². The fourth-order valence-corrected chi connectivity index (χ4v) is 3.45. The van der Waals surface area contributed by atoms with Crippen molar-refractivity contribution in [2.24, 2.45) is 11.3 Å². The molecule has 0 bridgehead atoms. The Kier molecular flexibility index (Phi) is 4.48. The summed E-state index contributed by atoms with van der Waals surface area (Å²) in [6.45, 7) is 6.75. The van der Waals surface area contributed by atoms with Gasteiger partial charge in [0.2, 0.25) is 0 Å². The van der Waals surface area contributed by atoms with Crippen LogP contribution in [0.25, 0.3) is 0 Å². The van der Waals surface area contributed by atoms with Crippen molar-refractivity contribution in [3.05, 3.63) is 20.8 Å². The van der Waals surface area contributed by atoms with Gasteiger partial charge < -0.3 is 0 Å². The summed E-state index contributed by atoms with van der Waals surface area (Å²) in [6, 6.07) is 2.11. The summed E-state index contributed by atoms with van der Waals surface area (Å²) in [5, 5.41) is 2.12. The molecule has 0 aliphatic heterocycles. The van der Waals surface area contributed by atoms with E-state index in [0.29, 0.717) is 5.92 Å². The molecular weight excluding hydrogens is 280 g/mol. The van der Waals surface area contributed by atoms with Gasteiger partial charge in [0, 0.05) is 15.2 Å². The largest absolute Gasteiger partial charge is 0.148 e. The molecular formula is C11H16BrClS. The predicted octanol–water partition coefficient (Wildman–Crippen LogP) is 4.95. The standard InChI is InChI=1S/C11H16BrClS/c1-11(2,3)8(7-13)6-10-9(12)4-5-14-10/h4-5,8H,6-7H2,1-3H3. The third-order valence-electron chi connectivity index (χ3n) is 2.53. The molecule has 0 N–H and O–H groups in total. The molecule has 0 nitrogen and oxygen atoms in total. The van der Waals surface area contributed by atoms with Crippen molar-refractivity contribution in [2.45, 2.75) is 27.2 Å². The molecule has 3 heteroatoms. The topological polar surface area (TPSA) is 0 Å². The van der Waals surface area contributed by atoms with E-state index in [-0.39, 0.29) is 5.41 Å². The van der Waals surface area contributed by atoms with Gasteiger partial charge in [-0.2, -0.15) is 0 Å². The highest BCUT2D eigenvalue weighted by Crippen LogP contribution is 2.34. The number of hydrogen-bond acceptors (Lipinski definition) is 1. The summed E-state index contributed by atoms with van der Waals surface area (Å²) in [5.41, 5.74) is 0.283. The molecule has 0 amide bonds. The Morgan fingerprint density at radius 2 is 2.14 bits per heavy atom. The lowest BCUT2D eigenvalue weighted by Gasteiger charge is -2.28. The van der Waals surface area contributed by atoms with Gasteiger partial charge >= 0.3 is 0 Å². The first-order valence-corrected chi connectivity index (χ1v) is 6.93. The minimum atomic E-state index is 0.283. The smallest absolute Gasteiger partial charge is 0.0314 e. The normalized spacial score (nSPS) is 14.4. The maximum Gasteiger partial charge on any atom is 0.0314 e. The lowest BCUT2D eigenvalue weighted by Crippen LogP contribution is -2.23. The molecule has 1 rings (SSSR count). The monoisotopic (exact) mass is 294 g/mol. The Labute approximate surface area is 104 Å². The van der Waals surface area contributed by atoms with Crippen molar-refractivity contribution in [3.63, 3.8) is 0 Å². The first-order chi connectivity index (χ1) is 6.45. The van der Waals surface area contributed by atoms with Gasteiger partial charge in [0.25, 0.3) is 0 Å². The molecule has 0 radical (unpaired) electrons. The van der Waals surface area contributed by atoms with Gasteiger partial charge in [-0.3, -0.25) is 0 Å². The van der Waals surface area contributed by atoms with E-state index in [0.717, 1.165) is 12.3 Å². The molecule has 0 aliphatic carbocycles. The molecule has 0 fully saturated rings. The molecule has 0 saturated heterocycles. The highest BCUT2D eigenvalue weighted by Gasteiger charge is 2.24. The third-order valence-corrected chi connectivity index (χ3v) is 4.86. The fraction of sp³-hybridized carbons (Fsp3) is 0.636. The summed E-state index contributed by atoms with van der Waals surface area (Å²) in [6.07, 6.45) is 1.07. The van der Waals surface area contributed by atoms with Gasteiger partial charge in [-0.1, -0.05) is 20.8 Å². The van der Waals surface area contributed by atoms with E-state index in [1.54, 1.807) is 11.3 Å². The van der Waals surface area contributed by atoms with E-state index in [1.807, 2.05) is 0 Å². The van der Waals surface area contributed by atoms with Crippen LogP contribution in [0.2, 0.25) is 0 Å². The predicted molar refractivity (Wildman–Crippen MR) is 69.4 cm³/mol. The summed E-state index contributed by atoms with van der Waals surface area (Å²) < 4.78 is 1.22. The van der Waals surface area contributed by atoms with Crippen LogP contribution in [0.15, 0.2) is 15.9 Å². The van der Waals surface area contributed by atoms with Gasteiger partial charge in [-0.25, -0.2) is 0 Å². The lowest BCUT2D eigenvalue weighted by atomic mass is 9.80. The van der Waals surface area contributed by atoms with E-state index < -0.39 is 0 Å². The Bertz CT molecular complexity index is 288. The molecule has 0 aliphatic rings. The van der Waals surface area contributed by atoms with Crippen LogP contribution >= 0.6 is 38.9 Å². The molecule has 0 spiro atoms. The molecule has 1 heterocycles. The van der Waals surface area contributed by atoms with Crippen LogP contribution in [0.5, 0.6) is 0 Å². The Morgan fingerprint density at radius 1 is 1.50 bits per heavy atom. The summed E-state index contributed by atoms with van der Waals surface area (Å²) in [7, 11) is 0. The summed E-state index contributed by atoms with van der Waals surface area (Å²) >= 11 is 11.4. The second kappa shape index (κ2) is 5.00. The highest BCUT2D eigenvalue weighted by atomic mass is 79.9. The van der Waals surface area contributed by atoms with E-state index in [9.17, 15) is 0 Å². The van der Waals surface area contributed by atoms with Crippen LogP contribution in [0.1, 0.15) is 25.6 Å². The van der Waals surface area contributed by atoms with Crippen LogP contribution < -0.4 is 0 Å². The molecule has 1 atom stereocenters. The zero-order chi connectivity index (χ0) is 10.8. The van der Waals surface area contributed by atoms with Gasteiger partial charge in [-0.15, -0.1) is 22.9 Å². The maximum atomic E-state index is 6.01. The van der Waals surface area contributed by atoms with Crippen LogP contribution in [0.3, 0.4) is 0 Å². The number of rotatable bonds is 3. The van der Waals surface area contributed by atoms with Crippen molar-refractivity contribution in [1.29, 1.82) is 0 Å². The lowest BCUT2D eigenvalue weighted by molar-refractivity contribution is 0.265. The van der Waals surface area contributed by atoms with Crippen molar-refractivity contribution in [2.75, 3.05) is 5.88 Å². The zero-order valence-electron chi connectivity index (χ0n) is 8.81. The fourth-order valence-electron chi connectivity index (χ4n) is 1.29. The van der Waals surface area contributed by atoms with Crippen molar-refractivity contribution in [1.82, 2.24) is 0 Å². The van der Waals surface area contributed by atoms with Crippen LogP contribution in [-0.2, 0) is 6.42 Å². The Hall–Kier alpha value is 0.470. The quantitative estimate of drug-likeness (QED) is 0.692. The second-order valence-electron chi connectivity index (χ2n) is 4.61. The maximum absolute atomic E-state index is 6.01. The van der Waals surface area contributed by atoms with Crippen molar-refractivity contribution in [3.8, 4) is 0 Å². The Morgan fingerprint density at radius 3 is 2.50 bits per heavy atom. The average Bonchev–Trinajstić information content (AvgIpc) is 2.45. The molecule has 80 valence electrons. The van der Waals surface area contributed by atoms with Crippen molar-refractivity contribution < 1.29 is 0 Å². The first-order valence-electron chi connectivity index (χ1n) is 4.73. The molecule has 14 heavy (non-hydrogen) atoms. The minimum absolute atomic E-state index is 0.283. The van der Waals surface area contributed by atoms with Gasteiger partial charge in [0.15, 0.2) is 0 Å². The van der Waals surface area contributed by atoms with Crippen LogP contribution in [-0.4, -0.2) is 5.88 Å². The molecule has 1 aromatic heterocycles. The second-order valence-corrected chi connectivity index (χ2v) is 6.78. The molecule has 0 aromatic carbocycles. The zero-order valence-corrected chi connectivity index (χ0v) is 12.0. The van der Waals surface area contributed by atoms with E-state index in [2.05, 4.69) is 48.1 Å². The number of hydrogen-bond donors (Lipinski definition) is 0. The summed E-state index contributed by atoms with van der Waals surface area (Å²) in [5.74, 6) is 1.27. The number of thiophene rings is 1. The van der Waals surface area contributed by atoms with Crippen LogP contribution in [0.4, 0.5) is 0 Å². The minimum Gasteiger partial charge on any atom is -0.148 e. The molecule has 0 saturated carbocycles. The average molecular weight is 296 g/mol. The van der Waals surface area contributed by atoms with Gasteiger partial charge in [-0.05, 0) is 45.1 Å². The highest BCUT2D eigenvalue weighted by molar-refractivity contribution is 9.10. The third kappa shape index (κ3) is 3.25.